The van der Waals surface area contributed by atoms with Crippen LogP contribution in [0.1, 0.15) is 30.6 Å². The number of amides is 1. The molecule has 0 aliphatic carbocycles. The Balaban J connectivity index is 2.33. The van der Waals surface area contributed by atoms with Crippen molar-refractivity contribution < 1.29 is 9.72 Å². The standard InChI is InChI=1S/C13H17N3O3/c1-8-5-9(2)15(7-8)13(17)11-6-10(16(18)19)3-4-12(11)14/h3-4,6,8-9H,5,7,14H2,1-2H3. The van der Waals surface area contributed by atoms with Crippen LogP contribution in [0.15, 0.2) is 18.2 Å². The summed E-state index contributed by atoms with van der Waals surface area (Å²) in [5, 5.41) is 10.8. The van der Waals surface area contributed by atoms with Crippen LogP contribution in [0.5, 0.6) is 0 Å². The average Bonchev–Trinajstić information content (AvgIpc) is 2.68. The van der Waals surface area contributed by atoms with E-state index in [4.69, 9.17) is 5.73 Å². The number of carbonyl (C=O) groups is 1. The highest BCUT2D eigenvalue weighted by atomic mass is 16.6. The fraction of sp³-hybridized carbons (Fsp3) is 0.462. The molecule has 1 heterocycles. The normalized spacial score (nSPS) is 22.5. The van der Waals surface area contributed by atoms with Crippen molar-refractivity contribution >= 4 is 17.3 Å². The van der Waals surface area contributed by atoms with Crippen LogP contribution < -0.4 is 5.73 Å². The molecule has 6 heteroatoms. The first-order chi connectivity index (χ1) is 8.90. The van der Waals surface area contributed by atoms with Crippen LogP contribution in [0.3, 0.4) is 0 Å². The fourth-order valence-electron chi connectivity index (χ4n) is 2.58. The molecule has 2 rings (SSSR count). The van der Waals surface area contributed by atoms with Gasteiger partial charge < -0.3 is 10.6 Å². The smallest absolute Gasteiger partial charge is 0.270 e. The third-order valence-corrected chi connectivity index (χ3v) is 3.52. The summed E-state index contributed by atoms with van der Waals surface area (Å²) in [7, 11) is 0. The van der Waals surface area contributed by atoms with Crippen molar-refractivity contribution in [1.29, 1.82) is 0 Å². The Kier molecular flexibility index (Phi) is 3.42. The minimum Gasteiger partial charge on any atom is -0.398 e. The van der Waals surface area contributed by atoms with Gasteiger partial charge in [-0.1, -0.05) is 6.92 Å². The van der Waals surface area contributed by atoms with Gasteiger partial charge in [-0.3, -0.25) is 14.9 Å². The van der Waals surface area contributed by atoms with Crippen molar-refractivity contribution in [3.8, 4) is 0 Å². The van der Waals surface area contributed by atoms with Gasteiger partial charge >= 0.3 is 0 Å². The molecular formula is C13H17N3O3. The van der Waals surface area contributed by atoms with E-state index in [9.17, 15) is 14.9 Å². The second kappa shape index (κ2) is 4.87. The lowest BCUT2D eigenvalue weighted by molar-refractivity contribution is -0.384. The van der Waals surface area contributed by atoms with Crippen molar-refractivity contribution in [2.45, 2.75) is 26.3 Å². The summed E-state index contributed by atoms with van der Waals surface area (Å²) >= 11 is 0. The molecule has 1 saturated heterocycles. The highest BCUT2D eigenvalue weighted by molar-refractivity contribution is 6.00. The molecule has 19 heavy (non-hydrogen) atoms. The van der Waals surface area contributed by atoms with Gasteiger partial charge in [-0.05, 0) is 25.3 Å². The number of anilines is 1. The zero-order chi connectivity index (χ0) is 14.2. The number of nitrogen functional groups attached to an aromatic ring is 1. The molecule has 2 atom stereocenters. The Bertz CT molecular complexity index is 530. The van der Waals surface area contributed by atoms with Crippen molar-refractivity contribution in [2.24, 2.45) is 5.92 Å². The first kappa shape index (κ1) is 13.3. The van der Waals surface area contributed by atoms with Gasteiger partial charge in [-0.2, -0.15) is 0 Å². The van der Waals surface area contributed by atoms with Crippen molar-refractivity contribution in [3.63, 3.8) is 0 Å². The van der Waals surface area contributed by atoms with E-state index in [0.717, 1.165) is 6.42 Å². The molecule has 2 unspecified atom stereocenters. The van der Waals surface area contributed by atoms with Crippen LogP contribution in [-0.4, -0.2) is 28.3 Å². The van der Waals surface area contributed by atoms with Crippen LogP contribution in [-0.2, 0) is 0 Å². The van der Waals surface area contributed by atoms with Crippen LogP contribution in [0.4, 0.5) is 11.4 Å². The maximum Gasteiger partial charge on any atom is 0.270 e. The molecule has 102 valence electrons. The fourth-order valence-corrected chi connectivity index (χ4v) is 2.58. The number of carbonyl (C=O) groups excluding carboxylic acids is 1. The van der Waals surface area contributed by atoms with E-state index >= 15 is 0 Å². The number of nitrogens with two attached hydrogens (primary N) is 1. The molecule has 1 aromatic carbocycles. The van der Waals surface area contributed by atoms with Gasteiger partial charge in [0, 0.05) is 30.4 Å². The molecule has 1 fully saturated rings. The molecule has 2 N–H and O–H groups in total. The van der Waals surface area contributed by atoms with E-state index in [0.29, 0.717) is 12.5 Å². The van der Waals surface area contributed by atoms with E-state index in [-0.39, 0.29) is 28.9 Å². The van der Waals surface area contributed by atoms with Gasteiger partial charge in [0.15, 0.2) is 0 Å². The van der Waals surface area contributed by atoms with Crippen molar-refractivity contribution in [1.82, 2.24) is 4.90 Å². The van der Waals surface area contributed by atoms with E-state index < -0.39 is 4.92 Å². The van der Waals surface area contributed by atoms with Gasteiger partial charge in [0.2, 0.25) is 0 Å². The Labute approximate surface area is 111 Å². The van der Waals surface area contributed by atoms with Crippen molar-refractivity contribution in [3.05, 3.63) is 33.9 Å². The van der Waals surface area contributed by atoms with Gasteiger partial charge in [-0.25, -0.2) is 0 Å². The van der Waals surface area contributed by atoms with Crippen LogP contribution in [0.25, 0.3) is 0 Å². The van der Waals surface area contributed by atoms with E-state index in [1.54, 1.807) is 4.90 Å². The molecule has 1 aliphatic heterocycles. The zero-order valence-electron chi connectivity index (χ0n) is 11.0. The van der Waals surface area contributed by atoms with Gasteiger partial charge in [0.25, 0.3) is 11.6 Å². The number of nitrogens with zero attached hydrogens (tertiary/aromatic N) is 2. The number of hydrogen-bond acceptors (Lipinski definition) is 4. The second-order valence-electron chi connectivity index (χ2n) is 5.18. The van der Waals surface area contributed by atoms with Crippen LogP contribution in [0, 0.1) is 16.0 Å². The van der Waals surface area contributed by atoms with Crippen LogP contribution in [0.2, 0.25) is 0 Å². The lowest BCUT2D eigenvalue weighted by atomic mass is 10.1. The maximum absolute atomic E-state index is 12.4. The number of rotatable bonds is 2. The molecular weight excluding hydrogens is 246 g/mol. The summed E-state index contributed by atoms with van der Waals surface area (Å²) in [4.78, 5) is 24.4. The van der Waals surface area contributed by atoms with E-state index in [1.165, 1.54) is 18.2 Å². The lowest BCUT2D eigenvalue weighted by Crippen LogP contribution is -2.34. The SMILES string of the molecule is CC1CC(C)N(C(=O)c2cc([N+](=O)[O-])ccc2N)C1. The number of nitro groups is 1. The molecule has 6 nitrogen and oxygen atoms in total. The highest BCUT2D eigenvalue weighted by Gasteiger charge is 2.31. The van der Waals surface area contributed by atoms with Crippen molar-refractivity contribution in [2.75, 3.05) is 12.3 Å². The first-order valence-corrected chi connectivity index (χ1v) is 6.25. The highest BCUT2D eigenvalue weighted by Crippen LogP contribution is 2.27. The summed E-state index contributed by atoms with van der Waals surface area (Å²) in [5.74, 6) is 0.219. The largest absolute Gasteiger partial charge is 0.398 e. The predicted octanol–water partition coefficient (Wildman–Crippen LogP) is 2.05. The molecule has 1 amide bonds. The van der Waals surface area contributed by atoms with E-state index in [2.05, 4.69) is 6.92 Å². The quantitative estimate of drug-likeness (QED) is 0.502. The summed E-state index contributed by atoms with van der Waals surface area (Å²) in [6, 6.07) is 4.12. The maximum atomic E-state index is 12.4. The summed E-state index contributed by atoms with van der Waals surface area (Å²) in [5.41, 5.74) is 6.15. The third kappa shape index (κ3) is 2.52. The number of benzene rings is 1. The molecule has 0 aromatic heterocycles. The van der Waals surface area contributed by atoms with Gasteiger partial charge in [0.05, 0.1) is 10.5 Å². The van der Waals surface area contributed by atoms with E-state index in [1.807, 2.05) is 6.92 Å². The minimum absolute atomic E-state index is 0.113. The molecule has 0 saturated carbocycles. The Morgan fingerprint density at radius 2 is 2.16 bits per heavy atom. The Morgan fingerprint density at radius 3 is 2.68 bits per heavy atom. The monoisotopic (exact) mass is 263 g/mol. The molecule has 0 bridgehead atoms. The molecule has 0 radical (unpaired) electrons. The second-order valence-corrected chi connectivity index (χ2v) is 5.18. The zero-order valence-corrected chi connectivity index (χ0v) is 11.0. The summed E-state index contributed by atoms with van der Waals surface area (Å²) in [6.45, 7) is 4.73. The number of likely N-dealkylation sites (tertiary alicyclic amines) is 1. The number of hydrogen-bond donors (Lipinski definition) is 1. The number of non-ortho nitro benzene ring substituents is 1. The van der Waals surface area contributed by atoms with Crippen LogP contribution >= 0.6 is 0 Å². The Hall–Kier alpha value is -2.11. The predicted molar refractivity (Wildman–Crippen MR) is 71.8 cm³/mol. The topological polar surface area (TPSA) is 89.5 Å². The van der Waals surface area contributed by atoms with Gasteiger partial charge in [0.1, 0.15) is 0 Å². The summed E-state index contributed by atoms with van der Waals surface area (Å²) in [6.07, 6.45) is 0.945. The average molecular weight is 263 g/mol. The molecule has 0 spiro atoms. The number of nitro benzene ring substituents is 1. The third-order valence-electron chi connectivity index (χ3n) is 3.52. The summed E-state index contributed by atoms with van der Waals surface area (Å²) < 4.78 is 0. The van der Waals surface area contributed by atoms with Gasteiger partial charge in [-0.15, -0.1) is 0 Å². The molecule has 1 aliphatic rings. The minimum atomic E-state index is -0.522. The first-order valence-electron chi connectivity index (χ1n) is 6.25. The Morgan fingerprint density at radius 1 is 1.47 bits per heavy atom. The lowest BCUT2D eigenvalue weighted by Gasteiger charge is -2.22. The molecule has 1 aromatic rings.